The topological polar surface area (TPSA) is 47.7 Å². The minimum Gasteiger partial charge on any atom is -0.304 e. The lowest BCUT2D eigenvalue weighted by Crippen LogP contribution is -2.27. The van der Waals surface area contributed by atoms with E-state index in [-0.39, 0.29) is 6.04 Å². The maximum Gasteiger partial charge on any atom is 0.0930 e. The third-order valence-electron chi connectivity index (χ3n) is 3.10. The summed E-state index contributed by atoms with van der Waals surface area (Å²) in [6.45, 7) is 6.07. The first-order valence-corrected chi connectivity index (χ1v) is 7.40. The van der Waals surface area contributed by atoms with Crippen LogP contribution in [0.15, 0.2) is 22.9 Å². The SMILES string of the molecule is CCCn1ncc(Br)c1C(NCC)c1ccnn1C. The summed E-state index contributed by atoms with van der Waals surface area (Å²) in [7, 11) is 1.97. The van der Waals surface area contributed by atoms with Crippen LogP contribution in [0, 0.1) is 0 Å². The van der Waals surface area contributed by atoms with Gasteiger partial charge in [-0.25, -0.2) is 0 Å². The largest absolute Gasteiger partial charge is 0.304 e. The highest BCUT2D eigenvalue weighted by molar-refractivity contribution is 9.10. The lowest BCUT2D eigenvalue weighted by molar-refractivity contribution is 0.498. The molecule has 0 saturated carbocycles. The zero-order valence-electron chi connectivity index (χ0n) is 11.6. The van der Waals surface area contributed by atoms with Gasteiger partial charge in [0.2, 0.25) is 0 Å². The Morgan fingerprint density at radius 1 is 1.37 bits per heavy atom. The molecule has 0 aliphatic carbocycles. The summed E-state index contributed by atoms with van der Waals surface area (Å²) in [5, 5.41) is 12.2. The Hall–Kier alpha value is -1.14. The molecule has 0 amide bonds. The van der Waals surface area contributed by atoms with Crippen LogP contribution in [0.4, 0.5) is 0 Å². The van der Waals surface area contributed by atoms with Crippen LogP contribution in [0.5, 0.6) is 0 Å². The number of rotatable bonds is 6. The van der Waals surface area contributed by atoms with Crippen LogP contribution in [0.1, 0.15) is 37.7 Å². The zero-order chi connectivity index (χ0) is 13.8. The predicted molar refractivity (Wildman–Crippen MR) is 78.9 cm³/mol. The minimum atomic E-state index is 0.0981. The predicted octanol–water partition coefficient (Wildman–Crippen LogP) is 2.49. The molecule has 2 rings (SSSR count). The van der Waals surface area contributed by atoms with E-state index in [1.165, 1.54) is 0 Å². The quantitative estimate of drug-likeness (QED) is 0.887. The minimum absolute atomic E-state index is 0.0981. The molecule has 0 spiro atoms. The summed E-state index contributed by atoms with van der Waals surface area (Å²) in [6, 6.07) is 2.14. The standard InChI is InChI=1S/C13H20BrN5/c1-4-8-19-13(10(14)9-17-19)12(15-5-2)11-6-7-16-18(11)3/h6-7,9,12,15H,4-5,8H2,1-3H3. The maximum atomic E-state index is 4.45. The lowest BCUT2D eigenvalue weighted by atomic mass is 10.1. The van der Waals surface area contributed by atoms with Gasteiger partial charge in [-0.3, -0.25) is 9.36 Å². The van der Waals surface area contributed by atoms with Gasteiger partial charge in [-0.2, -0.15) is 10.2 Å². The number of nitrogens with zero attached hydrogens (tertiary/aromatic N) is 4. The zero-order valence-corrected chi connectivity index (χ0v) is 13.2. The molecule has 5 nitrogen and oxygen atoms in total. The van der Waals surface area contributed by atoms with E-state index in [4.69, 9.17) is 0 Å². The van der Waals surface area contributed by atoms with Gasteiger partial charge in [0, 0.05) is 19.8 Å². The lowest BCUT2D eigenvalue weighted by Gasteiger charge is -2.20. The monoisotopic (exact) mass is 325 g/mol. The number of hydrogen-bond donors (Lipinski definition) is 1. The molecule has 6 heteroatoms. The highest BCUT2D eigenvalue weighted by Crippen LogP contribution is 2.28. The van der Waals surface area contributed by atoms with Crippen molar-refractivity contribution in [1.29, 1.82) is 0 Å². The Labute approximate surface area is 122 Å². The number of nitrogens with one attached hydrogen (secondary N) is 1. The first-order valence-electron chi connectivity index (χ1n) is 6.61. The van der Waals surface area contributed by atoms with E-state index >= 15 is 0 Å². The number of halogens is 1. The van der Waals surface area contributed by atoms with Crippen LogP contribution in [0.25, 0.3) is 0 Å². The van der Waals surface area contributed by atoms with Gasteiger partial charge in [-0.15, -0.1) is 0 Å². The second kappa shape index (κ2) is 6.34. The van der Waals surface area contributed by atoms with Crippen LogP contribution >= 0.6 is 15.9 Å². The fourth-order valence-corrected chi connectivity index (χ4v) is 2.79. The Kier molecular flexibility index (Phi) is 4.76. The molecular formula is C13H20BrN5. The van der Waals surface area contributed by atoms with Crippen molar-refractivity contribution in [3.63, 3.8) is 0 Å². The smallest absolute Gasteiger partial charge is 0.0930 e. The van der Waals surface area contributed by atoms with Gasteiger partial charge in [0.05, 0.1) is 28.1 Å². The van der Waals surface area contributed by atoms with Crippen LogP contribution in [0.2, 0.25) is 0 Å². The van der Waals surface area contributed by atoms with Crippen LogP contribution < -0.4 is 5.32 Å². The van der Waals surface area contributed by atoms with Crippen molar-refractivity contribution < 1.29 is 0 Å². The third kappa shape index (κ3) is 2.90. The summed E-state index contributed by atoms with van der Waals surface area (Å²) >= 11 is 3.61. The molecule has 2 aromatic heterocycles. The third-order valence-corrected chi connectivity index (χ3v) is 3.72. The van der Waals surface area contributed by atoms with Gasteiger partial charge < -0.3 is 5.32 Å². The molecule has 0 aromatic carbocycles. The normalized spacial score (nSPS) is 12.8. The van der Waals surface area contributed by atoms with E-state index < -0.39 is 0 Å². The van der Waals surface area contributed by atoms with Crippen molar-refractivity contribution in [3.05, 3.63) is 34.3 Å². The van der Waals surface area contributed by atoms with Gasteiger partial charge in [0.25, 0.3) is 0 Å². The molecule has 1 unspecified atom stereocenters. The molecule has 2 heterocycles. The first-order chi connectivity index (χ1) is 9.19. The molecule has 1 N–H and O–H groups in total. The van der Waals surface area contributed by atoms with Crippen molar-refractivity contribution in [3.8, 4) is 0 Å². The molecule has 0 fully saturated rings. The van der Waals surface area contributed by atoms with Gasteiger partial charge in [-0.1, -0.05) is 13.8 Å². The van der Waals surface area contributed by atoms with Crippen LogP contribution in [0.3, 0.4) is 0 Å². The molecule has 19 heavy (non-hydrogen) atoms. The fraction of sp³-hybridized carbons (Fsp3) is 0.538. The van der Waals surface area contributed by atoms with Gasteiger partial charge >= 0.3 is 0 Å². The average Bonchev–Trinajstić information content (AvgIpc) is 2.95. The number of aryl methyl sites for hydroxylation is 2. The van der Waals surface area contributed by atoms with E-state index in [0.717, 1.165) is 35.4 Å². The van der Waals surface area contributed by atoms with E-state index in [1.54, 1.807) is 0 Å². The Bertz CT molecular complexity index is 531. The van der Waals surface area contributed by atoms with Crippen LogP contribution in [-0.4, -0.2) is 26.1 Å². The second-order valence-corrected chi connectivity index (χ2v) is 5.33. The molecule has 0 aliphatic heterocycles. The van der Waals surface area contributed by atoms with Crippen molar-refractivity contribution in [1.82, 2.24) is 24.9 Å². The van der Waals surface area contributed by atoms with Gasteiger partial charge in [0.1, 0.15) is 0 Å². The molecule has 0 saturated heterocycles. The highest BCUT2D eigenvalue weighted by Gasteiger charge is 2.23. The molecular weight excluding hydrogens is 306 g/mol. The summed E-state index contributed by atoms with van der Waals surface area (Å²) in [6.07, 6.45) is 4.76. The molecule has 0 bridgehead atoms. The molecule has 0 radical (unpaired) electrons. The Morgan fingerprint density at radius 3 is 2.74 bits per heavy atom. The molecule has 1 atom stereocenters. The van der Waals surface area contributed by atoms with Crippen LogP contribution in [-0.2, 0) is 13.6 Å². The summed E-state index contributed by atoms with van der Waals surface area (Å²) < 4.78 is 5.00. The van der Waals surface area contributed by atoms with E-state index in [0.29, 0.717) is 0 Å². The van der Waals surface area contributed by atoms with Gasteiger partial charge in [-0.05, 0) is 35.0 Å². The summed E-state index contributed by atoms with van der Waals surface area (Å²) in [5.41, 5.74) is 2.30. The van der Waals surface area contributed by atoms with Crippen molar-refractivity contribution in [2.24, 2.45) is 7.05 Å². The van der Waals surface area contributed by atoms with Crippen molar-refractivity contribution in [2.75, 3.05) is 6.54 Å². The fourth-order valence-electron chi connectivity index (χ4n) is 2.26. The second-order valence-electron chi connectivity index (χ2n) is 4.47. The van der Waals surface area contributed by atoms with E-state index in [9.17, 15) is 0 Å². The summed E-state index contributed by atoms with van der Waals surface area (Å²) in [5.74, 6) is 0. The van der Waals surface area contributed by atoms with E-state index in [1.807, 2.05) is 30.2 Å². The molecule has 2 aromatic rings. The number of aromatic nitrogens is 4. The molecule has 0 aliphatic rings. The summed E-state index contributed by atoms with van der Waals surface area (Å²) in [4.78, 5) is 0. The maximum absolute atomic E-state index is 4.45. The highest BCUT2D eigenvalue weighted by atomic mass is 79.9. The van der Waals surface area contributed by atoms with E-state index in [2.05, 4.69) is 50.0 Å². The molecule has 104 valence electrons. The Balaban J connectivity index is 2.44. The van der Waals surface area contributed by atoms with Crippen molar-refractivity contribution in [2.45, 2.75) is 32.9 Å². The first kappa shape index (κ1) is 14.3. The Morgan fingerprint density at radius 2 is 2.16 bits per heavy atom. The number of hydrogen-bond acceptors (Lipinski definition) is 3. The average molecular weight is 326 g/mol. The van der Waals surface area contributed by atoms with Gasteiger partial charge in [0.15, 0.2) is 0 Å². The van der Waals surface area contributed by atoms with Crippen molar-refractivity contribution >= 4 is 15.9 Å².